The molecule has 2 aromatic carbocycles. The monoisotopic (exact) mass is 243 g/mol. The van der Waals surface area contributed by atoms with Crippen LogP contribution >= 0.6 is 11.6 Å². The molecule has 0 N–H and O–H groups in total. The van der Waals surface area contributed by atoms with Gasteiger partial charge in [0.05, 0.1) is 6.07 Å². The van der Waals surface area contributed by atoms with Crippen LogP contribution in [0.1, 0.15) is 15.9 Å². The highest BCUT2D eigenvalue weighted by Crippen LogP contribution is 2.25. The second kappa shape index (κ2) is 4.77. The lowest BCUT2D eigenvalue weighted by Crippen LogP contribution is -2.00. The van der Waals surface area contributed by atoms with Crippen molar-refractivity contribution in [1.82, 2.24) is 0 Å². The van der Waals surface area contributed by atoms with Crippen molar-refractivity contribution in [3.63, 3.8) is 0 Å². The molecule has 0 amide bonds. The second-order valence-corrected chi connectivity index (χ2v) is 3.89. The summed E-state index contributed by atoms with van der Waals surface area (Å²) in [6.07, 6.45) is 0. The quantitative estimate of drug-likeness (QED) is 0.590. The van der Waals surface area contributed by atoms with Crippen LogP contribution in [0, 0.1) is 5.39 Å². The number of nitrogens with zero attached hydrogens (tertiary/aromatic N) is 2. The molecule has 0 saturated carbocycles. The third-order valence-electron chi connectivity index (χ3n) is 2.35. The Kier molecular flexibility index (Phi) is 3.17. The average Bonchev–Trinajstić information content (AvgIpc) is 2.39. The molecule has 82 valence electrons. The molecule has 17 heavy (non-hydrogen) atoms. The van der Waals surface area contributed by atoms with Crippen LogP contribution in [-0.4, -0.2) is 5.78 Å². The second-order valence-electron chi connectivity index (χ2n) is 3.46. The highest BCUT2D eigenvalue weighted by atomic mass is 35.5. The van der Waals surface area contributed by atoms with Crippen LogP contribution in [0.2, 0.25) is 5.02 Å². The number of ketones is 1. The van der Waals surface area contributed by atoms with Crippen LogP contribution in [0.15, 0.2) is 48.5 Å². The van der Waals surface area contributed by atoms with Crippen molar-refractivity contribution in [2.45, 2.75) is 0 Å². The summed E-state index contributed by atoms with van der Waals surface area (Å²) in [7, 11) is 0. The molecule has 2 rings (SSSR count). The summed E-state index contributed by atoms with van der Waals surface area (Å²) >= 11 is 5.76. The van der Waals surface area contributed by atoms with Crippen LogP contribution in [0.4, 0.5) is 5.69 Å². The predicted octanol–water partition coefficient (Wildman–Crippen LogP) is 4.06. The smallest absolute Gasteiger partial charge is 0.288 e. The summed E-state index contributed by atoms with van der Waals surface area (Å²) in [6.45, 7) is 0. The van der Waals surface area contributed by atoms with E-state index >= 15 is 0 Å². The van der Waals surface area contributed by atoms with Crippen LogP contribution in [0.5, 0.6) is 0 Å². The maximum atomic E-state index is 12.1. The van der Waals surface area contributed by atoms with Crippen LogP contribution in [0.3, 0.4) is 0 Å². The lowest BCUT2D eigenvalue weighted by molar-refractivity contribution is 0.103. The van der Waals surface area contributed by atoms with E-state index in [9.17, 15) is 4.79 Å². The van der Waals surface area contributed by atoms with E-state index in [2.05, 4.69) is 4.98 Å². The van der Waals surface area contributed by atoms with Gasteiger partial charge in [-0.05, 0) is 12.1 Å². The molecule has 0 aliphatic carbocycles. The summed E-state index contributed by atoms with van der Waals surface area (Å²) in [5.74, 6) is -0.199. The van der Waals surface area contributed by atoms with Gasteiger partial charge in [0.25, 0.3) is 0 Å². The van der Waals surface area contributed by atoms with Crippen molar-refractivity contribution >= 4 is 23.1 Å². The fourth-order valence-electron chi connectivity index (χ4n) is 1.52. The van der Waals surface area contributed by atoms with Gasteiger partial charge in [-0.3, -0.25) is 4.79 Å². The van der Waals surface area contributed by atoms with Crippen molar-refractivity contribution in [3.05, 3.63) is 69.7 Å². The standard InChI is InChI=1S/C13H8ClN2O/c14-10-6-7-11(12(8-10)16-15)13(17)9-4-2-1-3-5-9/h1-8H/q+1. The molecule has 3 nitrogen and oxygen atoms in total. The molecule has 4 heteroatoms. The number of hydrogen-bond donors (Lipinski definition) is 0. The van der Waals surface area contributed by atoms with Gasteiger partial charge in [0, 0.05) is 10.6 Å². The van der Waals surface area contributed by atoms with Gasteiger partial charge in [-0.25, -0.2) is 0 Å². The third-order valence-corrected chi connectivity index (χ3v) is 2.58. The van der Waals surface area contributed by atoms with Crippen molar-refractivity contribution in [1.29, 1.82) is 5.39 Å². The van der Waals surface area contributed by atoms with Gasteiger partial charge in [0.1, 0.15) is 5.56 Å². The molecule has 0 aromatic heterocycles. The Morgan fingerprint density at radius 2 is 1.82 bits per heavy atom. The summed E-state index contributed by atoms with van der Waals surface area (Å²) in [5, 5.41) is 9.27. The zero-order valence-electron chi connectivity index (χ0n) is 8.80. The van der Waals surface area contributed by atoms with Gasteiger partial charge in [0.2, 0.25) is 11.2 Å². The number of diazo groups is 1. The fraction of sp³-hybridized carbons (Fsp3) is 0. The topological polar surface area (TPSA) is 45.2 Å². The number of benzene rings is 2. The summed E-state index contributed by atoms with van der Waals surface area (Å²) in [4.78, 5) is 15.2. The van der Waals surface area contributed by atoms with Gasteiger partial charge in [-0.15, -0.1) is 0 Å². The van der Waals surface area contributed by atoms with Gasteiger partial charge in [-0.2, -0.15) is 0 Å². The number of carbonyl (C=O) groups is 1. The summed E-state index contributed by atoms with van der Waals surface area (Å²) < 4.78 is 0. The van der Waals surface area contributed by atoms with Crippen LogP contribution in [0.25, 0.3) is 4.98 Å². The van der Waals surface area contributed by atoms with Crippen molar-refractivity contribution < 1.29 is 4.79 Å². The van der Waals surface area contributed by atoms with Crippen molar-refractivity contribution in [3.8, 4) is 0 Å². The van der Waals surface area contributed by atoms with E-state index in [4.69, 9.17) is 17.0 Å². The van der Waals surface area contributed by atoms with Crippen LogP contribution in [-0.2, 0) is 0 Å². The van der Waals surface area contributed by atoms with Gasteiger partial charge in [0.15, 0.2) is 4.98 Å². The number of rotatable bonds is 2. The molecule has 2 aromatic rings. The first kappa shape index (κ1) is 11.3. The predicted molar refractivity (Wildman–Crippen MR) is 66.1 cm³/mol. The molecular weight excluding hydrogens is 236 g/mol. The molecule has 0 saturated heterocycles. The first-order valence-corrected chi connectivity index (χ1v) is 5.34. The first-order chi connectivity index (χ1) is 8.22. The van der Waals surface area contributed by atoms with Crippen molar-refractivity contribution in [2.75, 3.05) is 0 Å². The Balaban J connectivity index is 2.49. The highest BCUT2D eigenvalue weighted by molar-refractivity contribution is 6.31. The van der Waals surface area contributed by atoms with E-state index in [1.807, 2.05) is 6.07 Å². The van der Waals surface area contributed by atoms with Gasteiger partial charge >= 0.3 is 5.69 Å². The molecule has 0 aliphatic heterocycles. The SMILES string of the molecule is N#[N+]c1cc(Cl)ccc1C(=O)c1ccccc1. The molecule has 0 aliphatic rings. The Morgan fingerprint density at radius 1 is 1.12 bits per heavy atom. The van der Waals surface area contributed by atoms with E-state index in [-0.39, 0.29) is 11.5 Å². The molecule has 0 bridgehead atoms. The van der Waals surface area contributed by atoms with E-state index in [1.54, 1.807) is 36.4 Å². The van der Waals surface area contributed by atoms with E-state index in [1.165, 1.54) is 6.07 Å². The third kappa shape index (κ3) is 2.32. The minimum Gasteiger partial charge on any atom is -0.288 e. The number of halogens is 1. The molecule has 0 spiro atoms. The molecule has 0 unspecified atom stereocenters. The largest absolute Gasteiger partial charge is 0.397 e. The summed E-state index contributed by atoms with van der Waals surface area (Å²) in [6, 6.07) is 13.4. The zero-order valence-corrected chi connectivity index (χ0v) is 9.56. The Bertz CT molecular complexity index is 603. The minimum absolute atomic E-state index is 0.173. The van der Waals surface area contributed by atoms with E-state index in [0.717, 1.165) is 0 Å². The Morgan fingerprint density at radius 3 is 2.47 bits per heavy atom. The average molecular weight is 244 g/mol. The van der Waals surface area contributed by atoms with E-state index < -0.39 is 0 Å². The fourth-order valence-corrected chi connectivity index (χ4v) is 1.69. The van der Waals surface area contributed by atoms with E-state index in [0.29, 0.717) is 16.1 Å². The summed E-state index contributed by atoms with van der Waals surface area (Å²) in [5.41, 5.74) is 1.04. The zero-order chi connectivity index (χ0) is 12.3. The maximum absolute atomic E-state index is 12.1. The molecule has 0 fully saturated rings. The molecule has 0 radical (unpaired) electrons. The van der Waals surface area contributed by atoms with Crippen LogP contribution < -0.4 is 0 Å². The molecular formula is C13H8ClN2O+. The van der Waals surface area contributed by atoms with Gasteiger partial charge < -0.3 is 0 Å². The first-order valence-electron chi connectivity index (χ1n) is 4.97. The molecule has 0 heterocycles. The maximum Gasteiger partial charge on any atom is 0.397 e. The Labute approximate surface area is 103 Å². The molecule has 0 atom stereocenters. The number of hydrogen-bond acceptors (Lipinski definition) is 2. The normalized spacial score (nSPS) is 9.65. The lowest BCUT2D eigenvalue weighted by Gasteiger charge is -1.98. The van der Waals surface area contributed by atoms with Crippen molar-refractivity contribution in [2.24, 2.45) is 0 Å². The van der Waals surface area contributed by atoms with Gasteiger partial charge in [-0.1, -0.05) is 41.9 Å². The lowest BCUT2D eigenvalue weighted by atomic mass is 10.0. The minimum atomic E-state index is -0.199. The number of carbonyl (C=O) groups excluding carboxylic acids is 1. The highest BCUT2D eigenvalue weighted by Gasteiger charge is 2.21. The Hall–Kier alpha value is -2.18.